The standard InChI is InChI=1S/C20H24FIN6O/c1-11(2)10-24-4-5-28-16(25-17-18(23)26-20(21)27-19(17)28)8-13-7-12-3-6-29-15(12)9-14(13)22/h7,9,11,24H,3-6,8,10H2,1-2H3,(H2,23,26,27). The predicted molar refractivity (Wildman–Crippen MR) is 119 cm³/mol. The van der Waals surface area contributed by atoms with E-state index in [-0.39, 0.29) is 5.82 Å². The van der Waals surface area contributed by atoms with Gasteiger partial charge in [0.05, 0.1) is 6.61 Å². The van der Waals surface area contributed by atoms with Gasteiger partial charge in [-0.15, -0.1) is 0 Å². The van der Waals surface area contributed by atoms with Gasteiger partial charge in [-0.05, 0) is 52.2 Å². The molecule has 0 aliphatic carbocycles. The van der Waals surface area contributed by atoms with Crippen LogP contribution in [-0.2, 0) is 19.4 Å². The van der Waals surface area contributed by atoms with E-state index in [2.05, 4.69) is 68.8 Å². The lowest BCUT2D eigenvalue weighted by molar-refractivity contribution is 0.356. The lowest BCUT2D eigenvalue weighted by atomic mass is 10.1. The molecule has 9 heteroatoms. The van der Waals surface area contributed by atoms with Crippen LogP contribution in [-0.4, -0.2) is 39.2 Å². The van der Waals surface area contributed by atoms with Crippen molar-refractivity contribution in [2.45, 2.75) is 33.2 Å². The van der Waals surface area contributed by atoms with Gasteiger partial charge < -0.3 is 20.4 Å². The van der Waals surface area contributed by atoms with E-state index in [0.717, 1.165) is 46.8 Å². The van der Waals surface area contributed by atoms with E-state index in [4.69, 9.17) is 10.5 Å². The zero-order chi connectivity index (χ0) is 20.5. The van der Waals surface area contributed by atoms with Crippen molar-refractivity contribution in [1.29, 1.82) is 0 Å². The Bertz CT molecular complexity index is 1050. The lowest BCUT2D eigenvalue weighted by Crippen LogP contribution is -2.25. The first-order chi connectivity index (χ1) is 13.9. The Hall–Kier alpha value is -2.01. The van der Waals surface area contributed by atoms with Crippen LogP contribution in [0.1, 0.15) is 30.8 Å². The molecule has 3 N–H and O–H groups in total. The van der Waals surface area contributed by atoms with Crippen LogP contribution in [0.15, 0.2) is 12.1 Å². The Morgan fingerprint density at radius 1 is 1.31 bits per heavy atom. The summed E-state index contributed by atoms with van der Waals surface area (Å²) in [5, 5.41) is 3.42. The lowest BCUT2D eigenvalue weighted by Gasteiger charge is -2.12. The van der Waals surface area contributed by atoms with Crippen molar-refractivity contribution in [3.8, 4) is 5.75 Å². The maximum Gasteiger partial charge on any atom is 0.312 e. The van der Waals surface area contributed by atoms with Gasteiger partial charge in [-0.25, -0.2) is 4.98 Å². The van der Waals surface area contributed by atoms with Crippen molar-refractivity contribution < 1.29 is 9.13 Å². The topological polar surface area (TPSA) is 90.9 Å². The Kier molecular flexibility index (Phi) is 5.86. The average molecular weight is 510 g/mol. The first kappa shape index (κ1) is 20.3. The van der Waals surface area contributed by atoms with Crippen LogP contribution in [0.25, 0.3) is 11.2 Å². The van der Waals surface area contributed by atoms with Crippen molar-refractivity contribution in [3.63, 3.8) is 0 Å². The van der Waals surface area contributed by atoms with E-state index in [0.29, 0.717) is 30.0 Å². The summed E-state index contributed by atoms with van der Waals surface area (Å²) in [6, 6.07) is 4.25. The Morgan fingerprint density at radius 2 is 2.14 bits per heavy atom. The number of benzene rings is 1. The molecule has 1 aliphatic heterocycles. The first-order valence-corrected chi connectivity index (χ1v) is 10.8. The molecule has 2 aromatic heterocycles. The zero-order valence-electron chi connectivity index (χ0n) is 16.5. The SMILES string of the molecule is CC(C)CNCCn1c(Cc2cc3c(cc2I)OCC3)nc2c(N)nc(F)nc21. The zero-order valence-corrected chi connectivity index (χ0v) is 18.7. The Labute approximate surface area is 182 Å². The van der Waals surface area contributed by atoms with Crippen LogP contribution >= 0.6 is 22.6 Å². The molecule has 1 aliphatic rings. The van der Waals surface area contributed by atoms with E-state index in [1.807, 2.05) is 4.57 Å². The molecular formula is C20H24FIN6O. The summed E-state index contributed by atoms with van der Waals surface area (Å²) in [5.74, 6) is 2.38. The highest BCUT2D eigenvalue weighted by Gasteiger charge is 2.20. The highest BCUT2D eigenvalue weighted by Crippen LogP contribution is 2.31. The van der Waals surface area contributed by atoms with Crippen molar-refractivity contribution in [2.75, 3.05) is 25.4 Å². The number of halogens is 2. The summed E-state index contributed by atoms with van der Waals surface area (Å²) in [7, 11) is 0. The fraction of sp³-hybridized carbons (Fsp3) is 0.450. The molecular weight excluding hydrogens is 486 g/mol. The summed E-state index contributed by atoms with van der Waals surface area (Å²) in [5.41, 5.74) is 9.20. The normalized spacial score (nSPS) is 13.3. The number of anilines is 1. The molecule has 154 valence electrons. The molecule has 0 saturated carbocycles. The molecule has 3 aromatic rings. The first-order valence-electron chi connectivity index (χ1n) is 9.75. The Balaban J connectivity index is 1.69. The summed E-state index contributed by atoms with van der Waals surface area (Å²) >= 11 is 2.32. The van der Waals surface area contributed by atoms with Gasteiger partial charge in [-0.1, -0.05) is 19.9 Å². The molecule has 3 heterocycles. The maximum atomic E-state index is 13.8. The number of hydrogen-bond acceptors (Lipinski definition) is 6. The number of nitrogens with one attached hydrogen (secondary N) is 1. The molecule has 0 fully saturated rings. The molecule has 0 amide bonds. The van der Waals surface area contributed by atoms with Crippen molar-refractivity contribution in [1.82, 2.24) is 24.8 Å². The third kappa shape index (κ3) is 4.30. The Morgan fingerprint density at radius 3 is 2.93 bits per heavy atom. The van der Waals surface area contributed by atoms with Crippen LogP contribution in [0.5, 0.6) is 5.75 Å². The minimum atomic E-state index is -0.831. The van der Waals surface area contributed by atoms with Crippen LogP contribution in [0.3, 0.4) is 0 Å². The fourth-order valence-electron chi connectivity index (χ4n) is 3.55. The molecule has 1 aromatic carbocycles. The van der Waals surface area contributed by atoms with Gasteiger partial charge in [0.15, 0.2) is 17.0 Å². The van der Waals surface area contributed by atoms with Crippen molar-refractivity contribution in [2.24, 2.45) is 5.92 Å². The van der Waals surface area contributed by atoms with E-state index in [9.17, 15) is 4.39 Å². The van der Waals surface area contributed by atoms with Gasteiger partial charge in [-0.3, -0.25) is 0 Å². The fourth-order valence-corrected chi connectivity index (χ4v) is 4.18. The van der Waals surface area contributed by atoms with Crippen molar-refractivity contribution in [3.05, 3.63) is 38.7 Å². The molecule has 0 unspecified atom stereocenters. The number of aromatic nitrogens is 4. The number of imidazole rings is 1. The number of nitrogens with zero attached hydrogens (tertiary/aromatic N) is 4. The van der Waals surface area contributed by atoms with E-state index in [1.165, 1.54) is 5.56 Å². The van der Waals surface area contributed by atoms with Gasteiger partial charge in [0, 0.05) is 29.5 Å². The molecule has 0 radical (unpaired) electrons. The third-order valence-electron chi connectivity index (χ3n) is 4.95. The molecule has 29 heavy (non-hydrogen) atoms. The minimum absolute atomic E-state index is 0.0692. The van der Waals surface area contributed by atoms with Crippen LogP contribution in [0.2, 0.25) is 0 Å². The maximum absolute atomic E-state index is 13.8. The van der Waals surface area contributed by atoms with E-state index in [1.54, 1.807) is 0 Å². The molecule has 0 spiro atoms. The van der Waals surface area contributed by atoms with Crippen LogP contribution < -0.4 is 15.8 Å². The smallest absolute Gasteiger partial charge is 0.312 e. The highest BCUT2D eigenvalue weighted by atomic mass is 127. The molecule has 7 nitrogen and oxygen atoms in total. The predicted octanol–water partition coefficient (Wildman–Crippen LogP) is 2.92. The summed E-state index contributed by atoms with van der Waals surface area (Å²) in [6.07, 6.45) is 0.688. The van der Waals surface area contributed by atoms with E-state index >= 15 is 0 Å². The number of nitrogen functional groups attached to an aromatic ring is 1. The van der Waals surface area contributed by atoms with Gasteiger partial charge >= 0.3 is 6.08 Å². The van der Waals surface area contributed by atoms with Gasteiger partial charge in [0.25, 0.3) is 0 Å². The van der Waals surface area contributed by atoms with Gasteiger partial charge in [-0.2, -0.15) is 14.4 Å². The number of hydrogen-bond donors (Lipinski definition) is 2. The minimum Gasteiger partial charge on any atom is -0.493 e. The monoisotopic (exact) mass is 510 g/mol. The van der Waals surface area contributed by atoms with E-state index < -0.39 is 6.08 Å². The summed E-state index contributed by atoms with van der Waals surface area (Å²) < 4.78 is 22.6. The van der Waals surface area contributed by atoms with Gasteiger partial charge in [0.1, 0.15) is 11.6 Å². The molecule has 0 bridgehead atoms. The highest BCUT2D eigenvalue weighted by molar-refractivity contribution is 14.1. The summed E-state index contributed by atoms with van der Waals surface area (Å²) in [4.78, 5) is 12.3. The number of nitrogens with two attached hydrogens (primary N) is 1. The second-order valence-electron chi connectivity index (χ2n) is 7.65. The molecule has 0 saturated heterocycles. The molecule has 4 rings (SSSR count). The number of rotatable bonds is 7. The van der Waals surface area contributed by atoms with Crippen LogP contribution in [0.4, 0.5) is 10.2 Å². The molecule has 0 atom stereocenters. The van der Waals surface area contributed by atoms with Crippen LogP contribution in [0, 0.1) is 15.6 Å². The third-order valence-corrected chi connectivity index (χ3v) is 5.95. The second-order valence-corrected chi connectivity index (χ2v) is 8.82. The van der Waals surface area contributed by atoms with Crippen molar-refractivity contribution >= 4 is 39.6 Å². The average Bonchev–Trinajstić information content (AvgIpc) is 3.23. The second kappa shape index (κ2) is 8.39. The van der Waals surface area contributed by atoms with Gasteiger partial charge in [0.2, 0.25) is 0 Å². The summed E-state index contributed by atoms with van der Waals surface area (Å²) in [6.45, 7) is 7.31. The largest absolute Gasteiger partial charge is 0.493 e. The quantitative estimate of drug-likeness (QED) is 0.289. The number of fused-ring (bicyclic) bond motifs is 2. The number of ether oxygens (including phenoxy) is 1.